The minimum absolute atomic E-state index is 0.110. The molecule has 0 amide bonds. The van der Waals surface area contributed by atoms with Gasteiger partial charge in [-0.3, -0.25) is 4.90 Å². The van der Waals surface area contributed by atoms with Crippen molar-refractivity contribution in [1.82, 2.24) is 9.62 Å². The van der Waals surface area contributed by atoms with Crippen LogP contribution >= 0.6 is 0 Å². The van der Waals surface area contributed by atoms with Crippen LogP contribution in [0, 0.1) is 5.82 Å². The maximum atomic E-state index is 14.2. The number of halogens is 1. The largest absolute Gasteiger partial charge is 0.486 e. The molecule has 2 aliphatic rings. The predicted molar refractivity (Wildman–Crippen MR) is 124 cm³/mol. The molecule has 2 aliphatic heterocycles. The SMILES string of the molecule is O=S(=O)(NC[C@H](c1ccco1)N1CCN(c2ccccc2F)CC1)c1ccc2c(c1)OCCO2. The fourth-order valence-electron chi connectivity index (χ4n) is 4.34. The Morgan fingerprint density at radius 2 is 1.71 bits per heavy atom. The number of furan rings is 1. The summed E-state index contributed by atoms with van der Waals surface area (Å²) in [6.07, 6.45) is 1.58. The lowest BCUT2D eigenvalue weighted by Gasteiger charge is -2.39. The summed E-state index contributed by atoms with van der Waals surface area (Å²) in [5, 5.41) is 0. The highest BCUT2D eigenvalue weighted by Crippen LogP contribution is 2.32. The zero-order chi connectivity index (χ0) is 23.5. The monoisotopic (exact) mass is 487 g/mol. The molecular formula is C24H26FN3O5S. The third-order valence-corrected chi connectivity index (χ3v) is 7.53. The van der Waals surface area contributed by atoms with Gasteiger partial charge in [0.15, 0.2) is 11.5 Å². The molecule has 0 spiro atoms. The first kappa shape index (κ1) is 22.7. The summed E-state index contributed by atoms with van der Waals surface area (Å²) in [4.78, 5) is 4.27. The summed E-state index contributed by atoms with van der Waals surface area (Å²) in [5.41, 5.74) is 0.580. The van der Waals surface area contributed by atoms with Gasteiger partial charge in [0.05, 0.1) is 22.9 Å². The van der Waals surface area contributed by atoms with Crippen LogP contribution in [-0.2, 0) is 10.0 Å². The van der Waals surface area contributed by atoms with Crippen LogP contribution in [0.4, 0.5) is 10.1 Å². The standard InChI is InChI=1S/C24H26FN3O5S/c25-19-4-1-2-5-20(19)27-9-11-28(12-10-27)21(22-6-3-13-31-22)17-26-34(29,30)18-7-8-23-24(16-18)33-15-14-32-23/h1-8,13,16,21,26H,9-12,14-15,17H2/t21-/m1/s1. The van der Waals surface area contributed by atoms with Crippen LogP contribution < -0.4 is 19.1 Å². The molecule has 0 aliphatic carbocycles. The number of anilines is 1. The number of hydrogen-bond donors (Lipinski definition) is 1. The molecule has 3 heterocycles. The Balaban J connectivity index is 1.29. The van der Waals surface area contributed by atoms with E-state index in [-0.39, 0.29) is 23.3 Å². The zero-order valence-corrected chi connectivity index (χ0v) is 19.3. The van der Waals surface area contributed by atoms with Gasteiger partial charge in [0.25, 0.3) is 0 Å². The summed E-state index contributed by atoms with van der Waals surface area (Å²) >= 11 is 0. The van der Waals surface area contributed by atoms with Crippen LogP contribution in [0.25, 0.3) is 0 Å². The van der Waals surface area contributed by atoms with Crippen molar-refractivity contribution in [3.8, 4) is 11.5 Å². The summed E-state index contributed by atoms with van der Waals surface area (Å²) in [5.74, 6) is 1.38. The quantitative estimate of drug-likeness (QED) is 0.548. The molecule has 1 N–H and O–H groups in total. The smallest absolute Gasteiger partial charge is 0.240 e. The number of nitrogens with one attached hydrogen (secondary N) is 1. The third-order valence-electron chi connectivity index (χ3n) is 6.11. The number of para-hydroxylation sites is 1. The van der Waals surface area contributed by atoms with E-state index < -0.39 is 10.0 Å². The van der Waals surface area contributed by atoms with Gasteiger partial charge in [-0.15, -0.1) is 0 Å². The molecule has 0 bridgehead atoms. The third kappa shape index (κ3) is 4.75. The van der Waals surface area contributed by atoms with E-state index >= 15 is 0 Å². The topological polar surface area (TPSA) is 84.3 Å². The van der Waals surface area contributed by atoms with E-state index in [1.54, 1.807) is 30.5 Å². The summed E-state index contributed by atoms with van der Waals surface area (Å²) < 4.78 is 59.7. The maximum Gasteiger partial charge on any atom is 0.240 e. The predicted octanol–water partition coefficient (Wildman–Crippen LogP) is 3.03. The first-order valence-electron chi connectivity index (χ1n) is 11.2. The second-order valence-corrected chi connectivity index (χ2v) is 9.93. The van der Waals surface area contributed by atoms with Gasteiger partial charge in [-0.1, -0.05) is 12.1 Å². The van der Waals surface area contributed by atoms with Crippen molar-refractivity contribution in [1.29, 1.82) is 0 Å². The van der Waals surface area contributed by atoms with E-state index in [9.17, 15) is 12.8 Å². The number of benzene rings is 2. The normalized spacial score (nSPS) is 17.5. The molecular weight excluding hydrogens is 461 g/mol. The number of rotatable bonds is 7. The van der Waals surface area contributed by atoms with Crippen LogP contribution in [0.3, 0.4) is 0 Å². The van der Waals surface area contributed by atoms with Gasteiger partial charge in [-0.05, 0) is 36.4 Å². The fourth-order valence-corrected chi connectivity index (χ4v) is 5.39. The Kier molecular flexibility index (Phi) is 6.44. The Labute approximate surface area is 197 Å². The Bertz CT molecular complexity index is 1230. The Hall–Kier alpha value is -3.08. The molecule has 34 heavy (non-hydrogen) atoms. The molecule has 3 aromatic rings. The minimum Gasteiger partial charge on any atom is -0.486 e. The highest BCUT2D eigenvalue weighted by molar-refractivity contribution is 7.89. The van der Waals surface area contributed by atoms with Crippen molar-refractivity contribution in [2.45, 2.75) is 10.9 Å². The van der Waals surface area contributed by atoms with Gasteiger partial charge in [0, 0.05) is 38.8 Å². The molecule has 1 aromatic heterocycles. The minimum atomic E-state index is -3.79. The maximum absolute atomic E-state index is 14.2. The molecule has 1 fully saturated rings. The van der Waals surface area contributed by atoms with Gasteiger partial charge in [0.2, 0.25) is 10.0 Å². The molecule has 1 saturated heterocycles. The van der Waals surface area contributed by atoms with Crippen LogP contribution in [0.5, 0.6) is 11.5 Å². The highest BCUT2D eigenvalue weighted by atomic mass is 32.2. The van der Waals surface area contributed by atoms with Crippen molar-refractivity contribution in [3.63, 3.8) is 0 Å². The molecule has 0 radical (unpaired) electrons. The van der Waals surface area contributed by atoms with Gasteiger partial charge in [0.1, 0.15) is 24.8 Å². The zero-order valence-electron chi connectivity index (χ0n) is 18.5. The molecule has 0 saturated carbocycles. The number of ether oxygens (including phenoxy) is 2. The van der Waals surface area contributed by atoms with Crippen LogP contribution in [0.15, 0.2) is 70.2 Å². The van der Waals surface area contributed by atoms with Crippen molar-refractivity contribution < 1.29 is 26.7 Å². The Morgan fingerprint density at radius 3 is 2.44 bits per heavy atom. The van der Waals surface area contributed by atoms with Gasteiger partial charge >= 0.3 is 0 Å². The number of piperazine rings is 1. The van der Waals surface area contributed by atoms with Crippen LogP contribution in [0.1, 0.15) is 11.8 Å². The first-order valence-corrected chi connectivity index (χ1v) is 12.7. The number of fused-ring (bicyclic) bond motifs is 1. The van der Waals surface area contributed by atoms with E-state index in [1.807, 2.05) is 17.0 Å². The highest BCUT2D eigenvalue weighted by Gasteiger charge is 2.29. The van der Waals surface area contributed by atoms with Gasteiger partial charge in [-0.2, -0.15) is 0 Å². The van der Waals surface area contributed by atoms with Gasteiger partial charge in [-0.25, -0.2) is 17.5 Å². The van der Waals surface area contributed by atoms with Gasteiger partial charge < -0.3 is 18.8 Å². The van der Waals surface area contributed by atoms with Crippen LogP contribution in [-0.4, -0.2) is 59.3 Å². The van der Waals surface area contributed by atoms with E-state index in [2.05, 4.69) is 9.62 Å². The van der Waals surface area contributed by atoms with E-state index in [4.69, 9.17) is 13.9 Å². The molecule has 1 atom stereocenters. The second-order valence-electron chi connectivity index (χ2n) is 8.16. The first-order chi connectivity index (χ1) is 16.5. The molecule has 180 valence electrons. The summed E-state index contributed by atoms with van der Waals surface area (Å²) in [6, 6.07) is 14.6. The number of nitrogens with zero attached hydrogens (tertiary/aromatic N) is 2. The van der Waals surface area contributed by atoms with E-state index in [0.717, 1.165) is 0 Å². The van der Waals surface area contributed by atoms with E-state index in [0.29, 0.717) is 62.3 Å². The number of sulfonamides is 1. The molecule has 5 rings (SSSR count). The Morgan fingerprint density at radius 1 is 0.941 bits per heavy atom. The molecule has 0 unspecified atom stereocenters. The van der Waals surface area contributed by atoms with Crippen molar-refractivity contribution in [3.05, 3.63) is 72.4 Å². The van der Waals surface area contributed by atoms with Crippen molar-refractivity contribution in [2.75, 3.05) is 50.8 Å². The summed E-state index contributed by atoms with van der Waals surface area (Å²) in [7, 11) is -3.79. The average Bonchev–Trinajstić information content (AvgIpc) is 3.39. The molecule has 8 nitrogen and oxygen atoms in total. The molecule has 10 heteroatoms. The van der Waals surface area contributed by atoms with Crippen molar-refractivity contribution >= 4 is 15.7 Å². The lowest BCUT2D eigenvalue weighted by molar-refractivity contribution is 0.166. The molecule has 2 aromatic carbocycles. The van der Waals surface area contributed by atoms with Crippen molar-refractivity contribution in [2.24, 2.45) is 0 Å². The lowest BCUT2D eigenvalue weighted by Crippen LogP contribution is -2.50. The second kappa shape index (κ2) is 9.65. The van der Waals surface area contributed by atoms with Crippen LogP contribution in [0.2, 0.25) is 0 Å². The summed E-state index contributed by atoms with van der Waals surface area (Å²) in [6.45, 7) is 3.44. The lowest BCUT2D eigenvalue weighted by atomic mass is 10.1. The van der Waals surface area contributed by atoms with E-state index in [1.165, 1.54) is 18.2 Å². The average molecular weight is 488 g/mol. The number of hydrogen-bond acceptors (Lipinski definition) is 7. The fraction of sp³-hybridized carbons (Fsp3) is 0.333.